The standard InChI is InChI=1S/C12H12FNS/c13-10-3-1-9(2-4-10)12-6-5-11(15-12)7-8-14/h1-6H,7-8,14H2. The molecule has 0 saturated carbocycles. The minimum atomic E-state index is -0.197. The summed E-state index contributed by atoms with van der Waals surface area (Å²) < 4.78 is 12.7. The van der Waals surface area contributed by atoms with Gasteiger partial charge in [-0.1, -0.05) is 12.1 Å². The van der Waals surface area contributed by atoms with Crippen LogP contribution in [-0.2, 0) is 6.42 Å². The summed E-state index contributed by atoms with van der Waals surface area (Å²) in [6.07, 6.45) is 0.909. The summed E-state index contributed by atoms with van der Waals surface area (Å²) in [6, 6.07) is 10.7. The van der Waals surface area contributed by atoms with Crippen molar-refractivity contribution in [2.24, 2.45) is 5.73 Å². The van der Waals surface area contributed by atoms with Gasteiger partial charge in [0, 0.05) is 9.75 Å². The van der Waals surface area contributed by atoms with Crippen molar-refractivity contribution in [3.05, 3.63) is 47.1 Å². The fourth-order valence-corrected chi connectivity index (χ4v) is 2.45. The summed E-state index contributed by atoms with van der Waals surface area (Å²) in [6.45, 7) is 0.670. The van der Waals surface area contributed by atoms with Crippen molar-refractivity contribution in [3.8, 4) is 10.4 Å². The van der Waals surface area contributed by atoms with E-state index in [-0.39, 0.29) is 5.82 Å². The lowest BCUT2D eigenvalue weighted by molar-refractivity contribution is 0.628. The van der Waals surface area contributed by atoms with Crippen LogP contribution in [0.1, 0.15) is 4.88 Å². The summed E-state index contributed by atoms with van der Waals surface area (Å²) >= 11 is 1.71. The summed E-state index contributed by atoms with van der Waals surface area (Å²) in [5, 5.41) is 0. The molecule has 0 saturated heterocycles. The number of halogens is 1. The van der Waals surface area contributed by atoms with E-state index < -0.39 is 0 Å². The van der Waals surface area contributed by atoms with Crippen LogP contribution in [0.4, 0.5) is 4.39 Å². The van der Waals surface area contributed by atoms with Gasteiger partial charge in [-0.2, -0.15) is 0 Å². The topological polar surface area (TPSA) is 26.0 Å². The van der Waals surface area contributed by atoms with Gasteiger partial charge >= 0.3 is 0 Å². The van der Waals surface area contributed by atoms with Crippen LogP contribution in [0.5, 0.6) is 0 Å². The maximum atomic E-state index is 12.7. The molecule has 15 heavy (non-hydrogen) atoms. The Labute approximate surface area is 92.4 Å². The van der Waals surface area contributed by atoms with Crippen LogP contribution >= 0.6 is 11.3 Å². The second-order valence-corrected chi connectivity index (χ2v) is 4.48. The van der Waals surface area contributed by atoms with E-state index in [9.17, 15) is 4.39 Å². The molecular formula is C12H12FNS. The molecule has 0 bridgehead atoms. The highest BCUT2D eigenvalue weighted by Crippen LogP contribution is 2.28. The molecule has 1 nitrogen and oxygen atoms in total. The first-order valence-electron chi connectivity index (χ1n) is 4.84. The van der Waals surface area contributed by atoms with Crippen molar-refractivity contribution >= 4 is 11.3 Å². The fourth-order valence-electron chi connectivity index (χ4n) is 1.42. The molecule has 3 heteroatoms. The zero-order chi connectivity index (χ0) is 10.7. The molecule has 1 aromatic carbocycles. The normalized spacial score (nSPS) is 10.5. The van der Waals surface area contributed by atoms with Gasteiger partial charge in [-0.15, -0.1) is 11.3 Å². The molecule has 0 unspecified atom stereocenters. The van der Waals surface area contributed by atoms with Gasteiger partial charge in [0.1, 0.15) is 5.82 Å². The largest absolute Gasteiger partial charge is 0.330 e. The lowest BCUT2D eigenvalue weighted by Crippen LogP contribution is -2.00. The Balaban J connectivity index is 2.25. The Morgan fingerprint density at radius 2 is 1.80 bits per heavy atom. The molecule has 2 rings (SSSR count). The average Bonchev–Trinajstić information content (AvgIpc) is 2.68. The summed E-state index contributed by atoms with van der Waals surface area (Å²) in [5.41, 5.74) is 6.55. The quantitative estimate of drug-likeness (QED) is 0.847. The van der Waals surface area contributed by atoms with E-state index in [0.29, 0.717) is 6.54 Å². The molecule has 0 radical (unpaired) electrons. The van der Waals surface area contributed by atoms with Crippen LogP contribution in [0.25, 0.3) is 10.4 Å². The molecule has 2 N–H and O–H groups in total. The Morgan fingerprint density at radius 3 is 2.47 bits per heavy atom. The molecule has 78 valence electrons. The maximum absolute atomic E-state index is 12.7. The fraction of sp³-hybridized carbons (Fsp3) is 0.167. The van der Waals surface area contributed by atoms with Gasteiger partial charge < -0.3 is 5.73 Å². The zero-order valence-electron chi connectivity index (χ0n) is 8.24. The monoisotopic (exact) mass is 221 g/mol. The van der Waals surface area contributed by atoms with E-state index in [2.05, 4.69) is 12.1 Å². The van der Waals surface area contributed by atoms with Gasteiger partial charge in [-0.25, -0.2) is 4.39 Å². The summed E-state index contributed by atoms with van der Waals surface area (Å²) in [5.74, 6) is -0.197. The highest BCUT2D eigenvalue weighted by molar-refractivity contribution is 7.15. The van der Waals surface area contributed by atoms with Crippen molar-refractivity contribution in [1.82, 2.24) is 0 Å². The zero-order valence-corrected chi connectivity index (χ0v) is 9.06. The van der Waals surface area contributed by atoms with Gasteiger partial charge in [0.25, 0.3) is 0 Å². The number of hydrogen-bond donors (Lipinski definition) is 1. The molecule has 0 atom stereocenters. The van der Waals surface area contributed by atoms with Gasteiger partial charge in [0.2, 0.25) is 0 Å². The minimum Gasteiger partial charge on any atom is -0.330 e. The molecule has 0 aliphatic heterocycles. The van der Waals surface area contributed by atoms with Crippen molar-refractivity contribution in [2.45, 2.75) is 6.42 Å². The molecule has 0 aliphatic rings. The van der Waals surface area contributed by atoms with E-state index in [1.807, 2.05) is 0 Å². The molecule has 0 aliphatic carbocycles. The second kappa shape index (κ2) is 4.55. The number of thiophene rings is 1. The highest BCUT2D eigenvalue weighted by atomic mass is 32.1. The Morgan fingerprint density at radius 1 is 1.07 bits per heavy atom. The number of hydrogen-bond acceptors (Lipinski definition) is 2. The third-order valence-corrected chi connectivity index (χ3v) is 3.38. The first-order chi connectivity index (χ1) is 7.29. The van der Waals surface area contributed by atoms with E-state index in [4.69, 9.17) is 5.73 Å². The first kappa shape index (κ1) is 10.3. The molecule has 1 heterocycles. The summed E-state index contributed by atoms with van der Waals surface area (Å²) in [7, 11) is 0. The van der Waals surface area contributed by atoms with Crippen molar-refractivity contribution in [3.63, 3.8) is 0 Å². The van der Waals surface area contributed by atoms with Crippen LogP contribution in [0, 0.1) is 5.82 Å². The van der Waals surface area contributed by atoms with Crippen LogP contribution < -0.4 is 5.73 Å². The Bertz CT molecular complexity index is 433. The van der Waals surface area contributed by atoms with Crippen LogP contribution in [-0.4, -0.2) is 6.54 Å². The van der Waals surface area contributed by atoms with Crippen molar-refractivity contribution in [1.29, 1.82) is 0 Å². The van der Waals surface area contributed by atoms with E-state index in [1.54, 1.807) is 23.5 Å². The molecule has 1 aromatic heterocycles. The first-order valence-corrected chi connectivity index (χ1v) is 5.66. The Kier molecular flexibility index (Phi) is 3.14. The van der Waals surface area contributed by atoms with Crippen LogP contribution in [0.15, 0.2) is 36.4 Å². The van der Waals surface area contributed by atoms with Gasteiger partial charge in [-0.3, -0.25) is 0 Å². The molecular weight excluding hydrogens is 209 g/mol. The van der Waals surface area contributed by atoms with E-state index >= 15 is 0 Å². The Hall–Kier alpha value is -1.19. The predicted molar refractivity (Wildman–Crippen MR) is 62.5 cm³/mol. The second-order valence-electron chi connectivity index (χ2n) is 3.31. The van der Waals surface area contributed by atoms with Crippen LogP contribution in [0.3, 0.4) is 0 Å². The predicted octanol–water partition coefficient (Wildman–Crippen LogP) is 3.06. The van der Waals surface area contributed by atoms with Crippen molar-refractivity contribution in [2.75, 3.05) is 6.54 Å². The average molecular weight is 221 g/mol. The maximum Gasteiger partial charge on any atom is 0.123 e. The highest BCUT2D eigenvalue weighted by Gasteiger charge is 2.02. The molecule has 0 spiro atoms. The lowest BCUT2D eigenvalue weighted by atomic mass is 10.2. The number of nitrogens with two attached hydrogens (primary N) is 1. The number of rotatable bonds is 3. The van der Waals surface area contributed by atoms with Gasteiger partial charge in [0.15, 0.2) is 0 Å². The molecule has 2 aromatic rings. The third-order valence-electron chi connectivity index (χ3n) is 2.18. The molecule has 0 fully saturated rings. The number of benzene rings is 1. The molecule has 0 amide bonds. The van der Waals surface area contributed by atoms with Crippen LogP contribution in [0.2, 0.25) is 0 Å². The SMILES string of the molecule is NCCc1ccc(-c2ccc(F)cc2)s1. The van der Waals surface area contributed by atoms with E-state index in [1.165, 1.54) is 21.9 Å². The van der Waals surface area contributed by atoms with Crippen molar-refractivity contribution < 1.29 is 4.39 Å². The van der Waals surface area contributed by atoms with Gasteiger partial charge in [-0.05, 0) is 42.8 Å². The third kappa shape index (κ3) is 2.43. The van der Waals surface area contributed by atoms with Gasteiger partial charge in [0.05, 0.1) is 0 Å². The summed E-state index contributed by atoms with van der Waals surface area (Å²) in [4.78, 5) is 2.44. The minimum absolute atomic E-state index is 0.197. The van der Waals surface area contributed by atoms with E-state index in [0.717, 1.165) is 12.0 Å². The lowest BCUT2D eigenvalue weighted by Gasteiger charge is -1.96. The smallest absolute Gasteiger partial charge is 0.123 e.